The maximum absolute atomic E-state index is 13.1. The van der Waals surface area contributed by atoms with Crippen LogP contribution in [0.2, 0.25) is 0 Å². The zero-order valence-electron chi connectivity index (χ0n) is 8.35. The van der Waals surface area contributed by atoms with Crippen LogP contribution in [0.3, 0.4) is 0 Å². The first-order valence-electron chi connectivity index (χ1n) is 4.93. The highest BCUT2D eigenvalue weighted by atomic mass is 32.1. The summed E-state index contributed by atoms with van der Waals surface area (Å²) in [4.78, 5) is 5.18. The van der Waals surface area contributed by atoms with Crippen molar-refractivity contribution in [1.29, 1.82) is 0 Å². The summed E-state index contributed by atoms with van der Waals surface area (Å²) in [5.74, 6) is -0.248. The van der Waals surface area contributed by atoms with E-state index in [0.29, 0.717) is 5.69 Å². The Bertz CT molecular complexity index is 612. The minimum Gasteiger partial charge on any atom is -0.255 e. The van der Waals surface area contributed by atoms with Crippen LogP contribution in [-0.2, 0) is 0 Å². The van der Waals surface area contributed by atoms with Crippen LogP contribution in [0, 0.1) is 5.82 Å². The van der Waals surface area contributed by atoms with Crippen molar-refractivity contribution in [2.75, 3.05) is 0 Å². The smallest absolute Gasteiger partial charge is 0.126 e. The molecule has 0 bridgehead atoms. The first kappa shape index (κ1) is 9.48. The standard InChI is InChI=1S/C13H8FNS/c14-10-5-6-15-11(8-10)13-7-9-3-1-2-4-12(9)16-13/h1-8H. The Labute approximate surface area is 96.2 Å². The van der Waals surface area contributed by atoms with E-state index < -0.39 is 0 Å². The highest BCUT2D eigenvalue weighted by Crippen LogP contribution is 2.32. The van der Waals surface area contributed by atoms with E-state index in [-0.39, 0.29) is 5.82 Å². The van der Waals surface area contributed by atoms with E-state index in [4.69, 9.17) is 0 Å². The quantitative estimate of drug-likeness (QED) is 0.612. The van der Waals surface area contributed by atoms with Crippen molar-refractivity contribution in [1.82, 2.24) is 4.98 Å². The second-order valence-corrected chi connectivity index (χ2v) is 4.59. The topological polar surface area (TPSA) is 12.9 Å². The summed E-state index contributed by atoms with van der Waals surface area (Å²) in [5, 5.41) is 1.17. The predicted octanol–water partition coefficient (Wildman–Crippen LogP) is 4.10. The van der Waals surface area contributed by atoms with Crippen molar-refractivity contribution < 1.29 is 4.39 Å². The molecule has 1 aromatic carbocycles. The minimum absolute atomic E-state index is 0.248. The fourth-order valence-electron chi connectivity index (χ4n) is 1.65. The number of rotatable bonds is 1. The summed E-state index contributed by atoms with van der Waals surface area (Å²) < 4.78 is 14.3. The first-order chi connectivity index (χ1) is 7.83. The molecule has 0 saturated heterocycles. The first-order valence-corrected chi connectivity index (χ1v) is 5.75. The summed E-state index contributed by atoms with van der Waals surface area (Å²) >= 11 is 1.63. The van der Waals surface area contributed by atoms with Crippen molar-refractivity contribution in [3.05, 3.63) is 54.5 Å². The molecule has 0 amide bonds. The summed E-state index contributed by atoms with van der Waals surface area (Å²) in [7, 11) is 0. The van der Waals surface area contributed by atoms with Crippen LogP contribution in [0.4, 0.5) is 4.39 Å². The van der Waals surface area contributed by atoms with Crippen LogP contribution in [-0.4, -0.2) is 4.98 Å². The molecule has 0 atom stereocenters. The van der Waals surface area contributed by atoms with Crippen LogP contribution < -0.4 is 0 Å². The Morgan fingerprint density at radius 3 is 2.75 bits per heavy atom. The highest BCUT2D eigenvalue weighted by molar-refractivity contribution is 7.22. The third-order valence-corrected chi connectivity index (χ3v) is 3.54. The number of halogens is 1. The monoisotopic (exact) mass is 229 g/mol. The number of fused-ring (bicyclic) bond motifs is 1. The van der Waals surface area contributed by atoms with Crippen molar-refractivity contribution in [3.8, 4) is 10.6 Å². The molecule has 78 valence electrons. The molecule has 0 aliphatic carbocycles. The van der Waals surface area contributed by atoms with Gasteiger partial charge in [0.25, 0.3) is 0 Å². The van der Waals surface area contributed by atoms with E-state index in [9.17, 15) is 4.39 Å². The van der Waals surface area contributed by atoms with E-state index >= 15 is 0 Å². The van der Waals surface area contributed by atoms with E-state index in [0.717, 1.165) is 4.88 Å². The lowest BCUT2D eigenvalue weighted by molar-refractivity contribution is 0.626. The van der Waals surface area contributed by atoms with Gasteiger partial charge in [0.05, 0.1) is 10.6 Å². The minimum atomic E-state index is -0.248. The van der Waals surface area contributed by atoms with Gasteiger partial charge in [0.2, 0.25) is 0 Å². The lowest BCUT2D eigenvalue weighted by Gasteiger charge is -1.94. The Morgan fingerprint density at radius 1 is 1.06 bits per heavy atom. The molecule has 0 saturated carbocycles. The summed E-state index contributed by atoms with van der Waals surface area (Å²) in [5.41, 5.74) is 0.696. The second kappa shape index (κ2) is 3.68. The Morgan fingerprint density at radius 2 is 1.94 bits per heavy atom. The van der Waals surface area contributed by atoms with Gasteiger partial charge in [-0.2, -0.15) is 0 Å². The van der Waals surface area contributed by atoms with Crippen molar-refractivity contribution in [2.24, 2.45) is 0 Å². The SMILES string of the molecule is Fc1ccnc(-c2cc3ccccc3s2)c1. The van der Waals surface area contributed by atoms with Gasteiger partial charge in [0.15, 0.2) is 0 Å². The molecule has 0 unspecified atom stereocenters. The third-order valence-electron chi connectivity index (χ3n) is 2.40. The molecular weight excluding hydrogens is 221 g/mol. The van der Waals surface area contributed by atoms with E-state index in [1.54, 1.807) is 11.3 Å². The van der Waals surface area contributed by atoms with Gasteiger partial charge < -0.3 is 0 Å². The van der Waals surface area contributed by atoms with E-state index in [2.05, 4.69) is 17.1 Å². The maximum Gasteiger partial charge on any atom is 0.126 e. The maximum atomic E-state index is 13.1. The normalized spacial score (nSPS) is 10.8. The number of benzene rings is 1. The van der Waals surface area contributed by atoms with Crippen LogP contribution in [0.25, 0.3) is 20.7 Å². The van der Waals surface area contributed by atoms with Crippen LogP contribution in [0.1, 0.15) is 0 Å². The van der Waals surface area contributed by atoms with E-state index in [1.807, 2.05) is 18.2 Å². The van der Waals surface area contributed by atoms with Crippen LogP contribution >= 0.6 is 11.3 Å². The largest absolute Gasteiger partial charge is 0.255 e. The highest BCUT2D eigenvalue weighted by Gasteiger charge is 2.05. The van der Waals surface area contributed by atoms with Crippen molar-refractivity contribution in [3.63, 3.8) is 0 Å². The summed E-state index contributed by atoms with van der Waals surface area (Å²) in [6.45, 7) is 0. The van der Waals surface area contributed by atoms with Crippen molar-refractivity contribution >= 4 is 21.4 Å². The molecule has 0 radical (unpaired) electrons. The molecule has 3 heteroatoms. The number of hydrogen-bond donors (Lipinski definition) is 0. The molecule has 2 aromatic heterocycles. The van der Waals surface area contributed by atoms with Crippen LogP contribution in [0.15, 0.2) is 48.7 Å². The molecule has 3 aromatic rings. The van der Waals surface area contributed by atoms with Crippen molar-refractivity contribution in [2.45, 2.75) is 0 Å². The molecule has 3 rings (SSSR count). The lowest BCUT2D eigenvalue weighted by Crippen LogP contribution is -1.80. The average Bonchev–Trinajstić information content (AvgIpc) is 2.72. The van der Waals surface area contributed by atoms with Gasteiger partial charge in [-0.1, -0.05) is 18.2 Å². The Hall–Kier alpha value is -1.74. The molecular formula is C13H8FNS. The average molecular weight is 229 g/mol. The number of thiophene rings is 1. The van der Waals surface area contributed by atoms with E-state index in [1.165, 1.54) is 28.4 Å². The molecule has 0 fully saturated rings. The number of pyridine rings is 1. The van der Waals surface area contributed by atoms with Gasteiger partial charge in [-0.3, -0.25) is 4.98 Å². The summed E-state index contributed by atoms with van der Waals surface area (Å²) in [6.07, 6.45) is 1.50. The zero-order chi connectivity index (χ0) is 11.0. The Balaban J connectivity index is 2.19. The van der Waals surface area contributed by atoms with Gasteiger partial charge >= 0.3 is 0 Å². The molecule has 2 heterocycles. The molecule has 0 aliphatic heterocycles. The van der Waals surface area contributed by atoms with Gasteiger partial charge in [-0.15, -0.1) is 11.3 Å². The number of nitrogens with zero attached hydrogens (tertiary/aromatic N) is 1. The second-order valence-electron chi connectivity index (χ2n) is 3.51. The molecule has 16 heavy (non-hydrogen) atoms. The third kappa shape index (κ3) is 1.59. The molecule has 1 nitrogen and oxygen atoms in total. The molecule has 0 aliphatic rings. The Kier molecular flexibility index (Phi) is 2.18. The molecule has 0 N–H and O–H groups in total. The van der Waals surface area contributed by atoms with Gasteiger partial charge in [0, 0.05) is 17.0 Å². The number of hydrogen-bond acceptors (Lipinski definition) is 2. The fraction of sp³-hybridized carbons (Fsp3) is 0. The number of aromatic nitrogens is 1. The fourth-order valence-corrected chi connectivity index (χ4v) is 2.68. The van der Waals surface area contributed by atoms with Crippen LogP contribution in [0.5, 0.6) is 0 Å². The molecule has 0 spiro atoms. The lowest BCUT2D eigenvalue weighted by atomic mass is 10.2. The van der Waals surface area contributed by atoms with Gasteiger partial charge in [-0.05, 0) is 23.6 Å². The van der Waals surface area contributed by atoms with Gasteiger partial charge in [0.1, 0.15) is 5.82 Å². The predicted molar refractivity (Wildman–Crippen MR) is 65.0 cm³/mol. The zero-order valence-corrected chi connectivity index (χ0v) is 9.17. The van der Waals surface area contributed by atoms with Gasteiger partial charge in [-0.25, -0.2) is 4.39 Å². The summed E-state index contributed by atoms with van der Waals surface area (Å²) in [6, 6.07) is 13.0.